The average Bonchev–Trinajstić information content (AvgIpc) is 2.74. The first kappa shape index (κ1) is 13.4. The predicted molar refractivity (Wildman–Crippen MR) is 61.1 cm³/mol. The predicted octanol–water partition coefficient (Wildman–Crippen LogP) is 0.977. The second-order valence-electron chi connectivity index (χ2n) is 3.44. The van der Waals surface area contributed by atoms with Crippen molar-refractivity contribution in [2.24, 2.45) is 0 Å². The van der Waals surface area contributed by atoms with Gasteiger partial charge >= 0.3 is 5.97 Å². The van der Waals surface area contributed by atoms with Crippen molar-refractivity contribution in [1.82, 2.24) is 15.5 Å². The Hall–Kier alpha value is -1.69. The van der Waals surface area contributed by atoms with Crippen LogP contribution >= 0.6 is 0 Å². The van der Waals surface area contributed by atoms with Crippen molar-refractivity contribution in [2.45, 2.75) is 26.8 Å². The summed E-state index contributed by atoms with van der Waals surface area (Å²) in [5.74, 6) is 0.859. The number of aromatic nitrogens is 2. The number of aryl methyl sites for hydroxylation is 1. The number of hydrogen-bond donors (Lipinski definition) is 1. The highest BCUT2D eigenvalue weighted by molar-refractivity contribution is 5.88. The van der Waals surface area contributed by atoms with E-state index in [0.29, 0.717) is 36.8 Å². The Bertz CT molecular complexity index is 398. The first-order chi connectivity index (χ1) is 8.17. The van der Waals surface area contributed by atoms with Gasteiger partial charge in [-0.25, -0.2) is 4.79 Å². The van der Waals surface area contributed by atoms with Gasteiger partial charge in [0.15, 0.2) is 5.82 Å². The van der Waals surface area contributed by atoms with Gasteiger partial charge in [0.2, 0.25) is 5.89 Å². The number of esters is 1. The molecule has 94 valence electrons. The third-order valence-corrected chi connectivity index (χ3v) is 2.17. The van der Waals surface area contributed by atoms with Crippen molar-refractivity contribution in [1.29, 1.82) is 0 Å². The first-order valence-corrected chi connectivity index (χ1v) is 5.44. The Labute approximate surface area is 100 Å². The molecule has 6 heteroatoms. The SMILES string of the molecule is CCC(=CCNCc1noc(C)n1)C(=O)OC. The number of nitrogens with zero attached hydrogens (tertiary/aromatic N) is 2. The van der Waals surface area contributed by atoms with Crippen LogP contribution in [0.2, 0.25) is 0 Å². The summed E-state index contributed by atoms with van der Waals surface area (Å²) in [5.41, 5.74) is 0.657. The zero-order valence-corrected chi connectivity index (χ0v) is 10.3. The van der Waals surface area contributed by atoms with Crippen LogP contribution in [0.3, 0.4) is 0 Å². The maximum Gasteiger partial charge on any atom is 0.333 e. The summed E-state index contributed by atoms with van der Waals surface area (Å²) in [6.45, 7) is 4.71. The molecule has 0 bridgehead atoms. The van der Waals surface area contributed by atoms with E-state index in [4.69, 9.17) is 4.52 Å². The van der Waals surface area contributed by atoms with E-state index in [2.05, 4.69) is 20.2 Å². The Morgan fingerprint density at radius 1 is 1.59 bits per heavy atom. The smallest absolute Gasteiger partial charge is 0.333 e. The second kappa shape index (κ2) is 6.80. The molecule has 1 aromatic rings. The fourth-order valence-corrected chi connectivity index (χ4v) is 1.30. The Balaban J connectivity index is 2.35. The minimum absolute atomic E-state index is 0.287. The van der Waals surface area contributed by atoms with Crippen LogP contribution in [0.25, 0.3) is 0 Å². The summed E-state index contributed by atoms with van der Waals surface area (Å²) in [6, 6.07) is 0. The molecule has 17 heavy (non-hydrogen) atoms. The molecule has 0 aromatic carbocycles. The van der Waals surface area contributed by atoms with Crippen molar-refractivity contribution in [3.05, 3.63) is 23.4 Å². The molecule has 0 radical (unpaired) electrons. The topological polar surface area (TPSA) is 77.3 Å². The lowest BCUT2D eigenvalue weighted by Gasteiger charge is -2.02. The largest absolute Gasteiger partial charge is 0.466 e. The van der Waals surface area contributed by atoms with Crippen LogP contribution < -0.4 is 5.32 Å². The highest BCUT2D eigenvalue weighted by Crippen LogP contribution is 2.02. The third kappa shape index (κ3) is 4.36. The van der Waals surface area contributed by atoms with Gasteiger partial charge in [-0.1, -0.05) is 18.2 Å². The zero-order chi connectivity index (χ0) is 12.7. The molecule has 0 atom stereocenters. The maximum absolute atomic E-state index is 11.3. The summed E-state index contributed by atoms with van der Waals surface area (Å²) < 4.78 is 9.48. The van der Waals surface area contributed by atoms with Crippen molar-refractivity contribution in [3.8, 4) is 0 Å². The number of rotatable bonds is 6. The number of carbonyl (C=O) groups is 1. The number of ether oxygens (including phenoxy) is 1. The summed E-state index contributed by atoms with van der Waals surface area (Å²) >= 11 is 0. The highest BCUT2D eigenvalue weighted by Gasteiger charge is 2.06. The lowest BCUT2D eigenvalue weighted by Crippen LogP contribution is -2.15. The first-order valence-electron chi connectivity index (χ1n) is 5.44. The minimum atomic E-state index is -0.287. The number of methoxy groups -OCH3 is 1. The third-order valence-electron chi connectivity index (χ3n) is 2.17. The zero-order valence-electron chi connectivity index (χ0n) is 10.3. The van der Waals surface area contributed by atoms with Gasteiger partial charge in [-0.15, -0.1) is 0 Å². The van der Waals surface area contributed by atoms with Gasteiger partial charge in [-0.2, -0.15) is 4.98 Å². The van der Waals surface area contributed by atoms with Gasteiger partial charge < -0.3 is 14.6 Å². The van der Waals surface area contributed by atoms with Crippen LogP contribution in [-0.4, -0.2) is 29.8 Å². The fourth-order valence-electron chi connectivity index (χ4n) is 1.30. The van der Waals surface area contributed by atoms with Gasteiger partial charge in [0.1, 0.15) is 0 Å². The number of nitrogens with one attached hydrogen (secondary N) is 1. The van der Waals surface area contributed by atoms with Crippen molar-refractivity contribution in [2.75, 3.05) is 13.7 Å². The molecular formula is C11H17N3O3. The summed E-state index contributed by atoms with van der Waals surface area (Å²) in [7, 11) is 1.38. The lowest BCUT2D eigenvalue weighted by molar-refractivity contribution is -0.136. The van der Waals surface area contributed by atoms with Crippen molar-refractivity contribution < 1.29 is 14.1 Å². The van der Waals surface area contributed by atoms with Crippen molar-refractivity contribution >= 4 is 5.97 Å². The molecule has 1 N–H and O–H groups in total. The molecule has 6 nitrogen and oxygen atoms in total. The molecular weight excluding hydrogens is 222 g/mol. The number of carbonyl (C=O) groups excluding carboxylic acids is 1. The van der Waals surface area contributed by atoms with Gasteiger partial charge in [-0.3, -0.25) is 0 Å². The molecule has 0 saturated heterocycles. The summed E-state index contributed by atoms with van der Waals surface area (Å²) in [6.07, 6.45) is 2.45. The fraction of sp³-hybridized carbons (Fsp3) is 0.545. The van der Waals surface area contributed by atoms with Crippen LogP contribution in [-0.2, 0) is 16.1 Å². The average molecular weight is 239 g/mol. The van der Waals surface area contributed by atoms with E-state index in [-0.39, 0.29) is 5.97 Å². The van der Waals surface area contributed by atoms with Crippen LogP contribution in [0.5, 0.6) is 0 Å². The second-order valence-corrected chi connectivity index (χ2v) is 3.44. The Kier molecular flexibility index (Phi) is 5.35. The van der Waals surface area contributed by atoms with Crippen LogP contribution in [0.4, 0.5) is 0 Å². The van der Waals surface area contributed by atoms with Crippen LogP contribution in [0.15, 0.2) is 16.2 Å². The molecule has 0 fully saturated rings. The van der Waals surface area contributed by atoms with E-state index in [9.17, 15) is 4.79 Å². The Morgan fingerprint density at radius 2 is 2.35 bits per heavy atom. The number of hydrogen-bond acceptors (Lipinski definition) is 6. The van der Waals surface area contributed by atoms with E-state index in [1.165, 1.54) is 7.11 Å². The molecule has 1 aromatic heterocycles. The molecule has 0 aliphatic heterocycles. The lowest BCUT2D eigenvalue weighted by atomic mass is 10.2. The van der Waals surface area contributed by atoms with Gasteiger partial charge in [0.05, 0.1) is 13.7 Å². The van der Waals surface area contributed by atoms with E-state index in [1.807, 2.05) is 6.92 Å². The monoisotopic (exact) mass is 239 g/mol. The molecule has 0 aliphatic rings. The van der Waals surface area contributed by atoms with Crippen molar-refractivity contribution in [3.63, 3.8) is 0 Å². The van der Waals surface area contributed by atoms with E-state index >= 15 is 0 Å². The van der Waals surface area contributed by atoms with E-state index in [0.717, 1.165) is 0 Å². The summed E-state index contributed by atoms with van der Waals surface area (Å²) in [5, 5.41) is 6.83. The van der Waals surface area contributed by atoms with E-state index in [1.54, 1.807) is 13.0 Å². The highest BCUT2D eigenvalue weighted by atomic mass is 16.5. The van der Waals surface area contributed by atoms with Gasteiger partial charge in [0, 0.05) is 19.0 Å². The Morgan fingerprint density at radius 3 is 2.88 bits per heavy atom. The summed E-state index contributed by atoms with van der Waals surface area (Å²) in [4.78, 5) is 15.3. The van der Waals surface area contributed by atoms with Gasteiger partial charge in [0.25, 0.3) is 0 Å². The van der Waals surface area contributed by atoms with Crippen LogP contribution in [0.1, 0.15) is 25.1 Å². The normalized spacial score (nSPS) is 11.6. The standard InChI is InChI=1S/C11H17N3O3/c1-4-9(11(15)16-3)5-6-12-7-10-13-8(2)17-14-10/h5,12H,4,6-7H2,1-3H3. The molecule has 0 amide bonds. The molecule has 1 rings (SSSR count). The van der Waals surface area contributed by atoms with Gasteiger partial charge in [-0.05, 0) is 6.42 Å². The van der Waals surface area contributed by atoms with Crippen LogP contribution in [0, 0.1) is 6.92 Å². The molecule has 0 unspecified atom stereocenters. The minimum Gasteiger partial charge on any atom is -0.466 e. The van der Waals surface area contributed by atoms with E-state index < -0.39 is 0 Å². The molecule has 1 heterocycles. The molecule has 0 saturated carbocycles. The maximum atomic E-state index is 11.3. The quantitative estimate of drug-likeness (QED) is 0.453. The molecule has 0 spiro atoms. The molecule has 0 aliphatic carbocycles.